The fourth-order valence-corrected chi connectivity index (χ4v) is 2.97. The molecule has 7 heteroatoms. The van der Waals surface area contributed by atoms with E-state index in [-0.39, 0.29) is 10.9 Å². The van der Waals surface area contributed by atoms with Crippen LogP contribution in [0.25, 0.3) is 0 Å². The quantitative estimate of drug-likeness (QED) is 0.759. The minimum Gasteiger partial charge on any atom is -0.298 e. The molecule has 0 bridgehead atoms. The van der Waals surface area contributed by atoms with Crippen molar-refractivity contribution >= 4 is 22.4 Å². The zero-order valence-corrected chi connectivity index (χ0v) is 13.0. The van der Waals surface area contributed by atoms with Gasteiger partial charge in [-0.15, -0.1) is 11.3 Å². The minimum atomic E-state index is -0.935. The first-order chi connectivity index (χ1) is 11.5. The molecule has 1 amide bonds. The lowest BCUT2D eigenvalue weighted by molar-refractivity contribution is 0.101. The van der Waals surface area contributed by atoms with Gasteiger partial charge >= 0.3 is 0 Å². The van der Waals surface area contributed by atoms with Crippen molar-refractivity contribution in [2.45, 2.75) is 6.42 Å². The summed E-state index contributed by atoms with van der Waals surface area (Å²) in [6.45, 7) is 0. The van der Waals surface area contributed by atoms with E-state index in [0.717, 1.165) is 22.6 Å². The van der Waals surface area contributed by atoms with Gasteiger partial charge in [-0.1, -0.05) is 18.2 Å². The molecule has 3 nitrogen and oxygen atoms in total. The molecule has 0 radical (unpaired) electrons. The molecule has 0 fully saturated rings. The Bertz CT molecular complexity index is 858. The van der Waals surface area contributed by atoms with Crippen molar-refractivity contribution in [2.24, 2.45) is 0 Å². The van der Waals surface area contributed by atoms with E-state index in [0.29, 0.717) is 6.42 Å². The number of hydrogen-bond acceptors (Lipinski definition) is 3. The molecule has 3 aromatic rings. The molecule has 3 rings (SSSR count). The molecule has 24 heavy (non-hydrogen) atoms. The fraction of sp³-hybridized carbons (Fsp3) is 0.0588. The monoisotopic (exact) mass is 348 g/mol. The standard InChI is InChI=1S/C17H11F3N2OS/c18-11-6-4-10(5-7-11)8-12-9-21-17(24-12)22-16(23)15-13(19)2-1-3-14(15)20/h1-7,9H,8H2,(H,21,22,23). The van der Waals surface area contributed by atoms with Crippen molar-refractivity contribution in [1.82, 2.24) is 4.98 Å². The minimum absolute atomic E-state index is 0.236. The third-order valence-corrected chi connectivity index (χ3v) is 4.17. The highest BCUT2D eigenvalue weighted by Crippen LogP contribution is 2.23. The molecule has 0 aliphatic carbocycles. The summed E-state index contributed by atoms with van der Waals surface area (Å²) in [7, 11) is 0. The van der Waals surface area contributed by atoms with Gasteiger partial charge in [0, 0.05) is 17.5 Å². The van der Waals surface area contributed by atoms with Crippen molar-refractivity contribution in [3.8, 4) is 0 Å². The summed E-state index contributed by atoms with van der Waals surface area (Å²) in [5.41, 5.74) is 0.242. The van der Waals surface area contributed by atoms with Crippen LogP contribution in [0, 0.1) is 17.5 Å². The summed E-state index contributed by atoms with van der Waals surface area (Å²) in [5, 5.41) is 2.62. The highest BCUT2D eigenvalue weighted by atomic mass is 32.1. The van der Waals surface area contributed by atoms with E-state index in [2.05, 4.69) is 10.3 Å². The number of carbonyl (C=O) groups is 1. The maximum atomic E-state index is 13.6. The summed E-state index contributed by atoms with van der Waals surface area (Å²) in [6, 6.07) is 9.25. The largest absolute Gasteiger partial charge is 0.298 e. The number of aromatic nitrogens is 1. The van der Waals surface area contributed by atoms with Crippen LogP contribution in [0.1, 0.15) is 20.8 Å². The maximum Gasteiger partial charge on any atom is 0.263 e. The topological polar surface area (TPSA) is 42.0 Å². The van der Waals surface area contributed by atoms with Crippen molar-refractivity contribution in [3.05, 3.63) is 82.1 Å². The highest BCUT2D eigenvalue weighted by Gasteiger charge is 2.18. The van der Waals surface area contributed by atoms with Gasteiger partial charge in [0.2, 0.25) is 0 Å². The zero-order chi connectivity index (χ0) is 17.1. The van der Waals surface area contributed by atoms with Crippen LogP contribution in [0.2, 0.25) is 0 Å². The Kier molecular flexibility index (Phi) is 4.61. The number of benzene rings is 2. The summed E-state index contributed by atoms with van der Waals surface area (Å²) in [6.07, 6.45) is 2.07. The van der Waals surface area contributed by atoms with E-state index in [1.165, 1.54) is 29.5 Å². The number of nitrogens with zero attached hydrogens (tertiary/aromatic N) is 1. The molecule has 1 heterocycles. The first kappa shape index (κ1) is 16.2. The number of nitrogens with one attached hydrogen (secondary N) is 1. The van der Waals surface area contributed by atoms with Crippen LogP contribution in [0.3, 0.4) is 0 Å². The molecule has 1 aromatic heterocycles. The van der Waals surface area contributed by atoms with Gasteiger partial charge < -0.3 is 0 Å². The molecular formula is C17H11F3N2OS. The Morgan fingerprint density at radius 3 is 2.38 bits per heavy atom. The molecule has 2 aromatic carbocycles. The maximum absolute atomic E-state index is 13.6. The van der Waals surface area contributed by atoms with Crippen LogP contribution in [-0.2, 0) is 6.42 Å². The number of amides is 1. The van der Waals surface area contributed by atoms with Crippen molar-refractivity contribution in [2.75, 3.05) is 5.32 Å². The number of thiazole rings is 1. The molecule has 1 N–H and O–H groups in total. The molecule has 122 valence electrons. The smallest absolute Gasteiger partial charge is 0.263 e. The second kappa shape index (κ2) is 6.84. The number of rotatable bonds is 4. The van der Waals surface area contributed by atoms with E-state index in [1.807, 2.05) is 0 Å². The van der Waals surface area contributed by atoms with Crippen LogP contribution in [0.15, 0.2) is 48.7 Å². The number of hydrogen-bond donors (Lipinski definition) is 1. The van der Waals surface area contributed by atoms with Gasteiger partial charge in [0.1, 0.15) is 23.0 Å². The number of anilines is 1. The molecule has 0 unspecified atom stereocenters. The van der Waals surface area contributed by atoms with Crippen LogP contribution in [0.4, 0.5) is 18.3 Å². The summed E-state index contributed by atoms with van der Waals surface area (Å²) in [5.74, 6) is -3.08. The normalized spacial score (nSPS) is 10.6. The first-order valence-electron chi connectivity index (χ1n) is 6.97. The van der Waals surface area contributed by atoms with E-state index in [1.54, 1.807) is 18.3 Å². The Balaban J connectivity index is 1.72. The van der Waals surface area contributed by atoms with Crippen LogP contribution < -0.4 is 5.32 Å². The summed E-state index contributed by atoms with van der Waals surface area (Å²) < 4.78 is 40.0. The average molecular weight is 348 g/mol. The van der Waals surface area contributed by atoms with Crippen LogP contribution in [-0.4, -0.2) is 10.9 Å². The second-order valence-electron chi connectivity index (χ2n) is 4.99. The van der Waals surface area contributed by atoms with E-state index < -0.39 is 23.1 Å². The highest BCUT2D eigenvalue weighted by molar-refractivity contribution is 7.15. The molecule has 0 spiro atoms. The van der Waals surface area contributed by atoms with Gasteiger partial charge in [0.05, 0.1) is 0 Å². The third kappa shape index (κ3) is 3.62. The Morgan fingerprint density at radius 1 is 1.04 bits per heavy atom. The van der Waals surface area contributed by atoms with E-state index in [4.69, 9.17) is 0 Å². The Hall–Kier alpha value is -2.67. The summed E-state index contributed by atoms with van der Waals surface area (Å²) in [4.78, 5) is 16.8. The van der Waals surface area contributed by atoms with Gasteiger partial charge in [0.15, 0.2) is 5.13 Å². The van der Waals surface area contributed by atoms with Crippen molar-refractivity contribution < 1.29 is 18.0 Å². The molecule has 0 aliphatic rings. The predicted molar refractivity (Wildman–Crippen MR) is 85.6 cm³/mol. The average Bonchev–Trinajstić information content (AvgIpc) is 2.96. The predicted octanol–water partition coefficient (Wildman–Crippen LogP) is 4.40. The molecular weight excluding hydrogens is 337 g/mol. The van der Waals surface area contributed by atoms with Crippen molar-refractivity contribution in [1.29, 1.82) is 0 Å². The molecule has 0 aliphatic heterocycles. The molecule has 0 atom stereocenters. The Labute approximate surface area is 139 Å². The fourth-order valence-electron chi connectivity index (χ4n) is 2.12. The van der Waals surface area contributed by atoms with Crippen LogP contribution in [0.5, 0.6) is 0 Å². The number of halogens is 3. The van der Waals surface area contributed by atoms with Gasteiger partial charge in [-0.25, -0.2) is 18.2 Å². The second-order valence-corrected chi connectivity index (χ2v) is 6.10. The lowest BCUT2D eigenvalue weighted by Gasteiger charge is -2.04. The van der Waals surface area contributed by atoms with Crippen molar-refractivity contribution in [3.63, 3.8) is 0 Å². The van der Waals surface area contributed by atoms with Crippen LogP contribution >= 0.6 is 11.3 Å². The van der Waals surface area contributed by atoms with E-state index in [9.17, 15) is 18.0 Å². The van der Waals surface area contributed by atoms with E-state index >= 15 is 0 Å². The van der Waals surface area contributed by atoms with Gasteiger partial charge in [-0.3, -0.25) is 10.1 Å². The Morgan fingerprint density at radius 2 is 1.71 bits per heavy atom. The molecule has 0 saturated heterocycles. The first-order valence-corrected chi connectivity index (χ1v) is 7.79. The lowest BCUT2D eigenvalue weighted by atomic mass is 10.1. The zero-order valence-electron chi connectivity index (χ0n) is 12.2. The van der Waals surface area contributed by atoms with Gasteiger partial charge in [-0.2, -0.15) is 0 Å². The molecule has 0 saturated carbocycles. The SMILES string of the molecule is O=C(Nc1ncc(Cc2ccc(F)cc2)s1)c1c(F)cccc1F. The lowest BCUT2D eigenvalue weighted by Crippen LogP contribution is -2.15. The third-order valence-electron chi connectivity index (χ3n) is 3.26. The number of carbonyl (C=O) groups excluding carboxylic acids is 1. The van der Waals surface area contributed by atoms with Gasteiger partial charge in [0.25, 0.3) is 5.91 Å². The van der Waals surface area contributed by atoms with Gasteiger partial charge in [-0.05, 0) is 29.8 Å². The summed E-state index contributed by atoms with van der Waals surface area (Å²) >= 11 is 1.18.